The van der Waals surface area contributed by atoms with Gasteiger partial charge in [-0.15, -0.1) is 10.2 Å². The average molecular weight is 319 g/mol. The van der Waals surface area contributed by atoms with Crippen LogP contribution in [0.2, 0.25) is 0 Å². The molecule has 0 saturated heterocycles. The molecule has 0 bridgehead atoms. The molecule has 1 heterocycles. The van der Waals surface area contributed by atoms with Gasteiger partial charge in [-0.3, -0.25) is 4.79 Å². The summed E-state index contributed by atoms with van der Waals surface area (Å²) in [5, 5.41) is 17.0. The molecule has 120 valence electrons. The third-order valence-corrected chi connectivity index (χ3v) is 4.29. The van der Waals surface area contributed by atoms with E-state index in [1.54, 1.807) is 12.1 Å². The Morgan fingerprint density at radius 1 is 1.08 bits per heavy atom. The van der Waals surface area contributed by atoms with Crippen LogP contribution in [-0.2, 0) is 0 Å². The van der Waals surface area contributed by atoms with Crippen molar-refractivity contribution in [2.45, 2.75) is 18.9 Å². The van der Waals surface area contributed by atoms with Crippen LogP contribution in [0.3, 0.4) is 0 Å². The monoisotopic (exact) mass is 319 g/mol. The number of amides is 1. The standard InChI is InChI=1S/C18H17N5O/c24-18(15-10-8-14(9-11-15)17-20-22-23-21-17)19-16(13-6-7-13)12-4-2-1-3-5-12/h1-5,8-11,13,16H,6-7H2,(H,19,24)(H,20,21,22,23)/t16-/m0/s1. The molecule has 0 unspecified atom stereocenters. The molecule has 3 aromatic rings. The van der Waals surface area contributed by atoms with Crippen molar-refractivity contribution >= 4 is 5.91 Å². The molecule has 24 heavy (non-hydrogen) atoms. The fraction of sp³-hybridized carbons (Fsp3) is 0.222. The van der Waals surface area contributed by atoms with Gasteiger partial charge in [0.1, 0.15) is 0 Å². The topological polar surface area (TPSA) is 83.6 Å². The maximum absolute atomic E-state index is 12.6. The Hall–Kier alpha value is -3.02. The number of carbonyl (C=O) groups is 1. The first-order valence-corrected chi connectivity index (χ1v) is 8.01. The Kier molecular flexibility index (Phi) is 3.78. The number of benzene rings is 2. The molecule has 2 N–H and O–H groups in total. The number of aromatic amines is 1. The van der Waals surface area contributed by atoms with E-state index >= 15 is 0 Å². The van der Waals surface area contributed by atoms with E-state index in [4.69, 9.17) is 0 Å². The van der Waals surface area contributed by atoms with Gasteiger partial charge in [-0.1, -0.05) is 42.5 Å². The van der Waals surface area contributed by atoms with Gasteiger partial charge in [0.2, 0.25) is 5.82 Å². The minimum absolute atomic E-state index is 0.0598. The van der Waals surface area contributed by atoms with Crippen LogP contribution in [0.4, 0.5) is 0 Å². The molecule has 0 aliphatic heterocycles. The molecule has 1 aliphatic carbocycles. The van der Waals surface area contributed by atoms with Crippen LogP contribution in [0.1, 0.15) is 34.8 Å². The van der Waals surface area contributed by atoms with Crippen molar-refractivity contribution in [2.75, 3.05) is 0 Å². The van der Waals surface area contributed by atoms with Crippen LogP contribution in [0.25, 0.3) is 11.4 Å². The molecular weight excluding hydrogens is 302 g/mol. The lowest BCUT2D eigenvalue weighted by atomic mass is 10.0. The lowest BCUT2D eigenvalue weighted by molar-refractivity contribution is 0.0931. The molecule has 1 aliphatic rings. The quantitative estimate of drug-likeness (QED) is 0.757. The summed E-state index contributed by atoms with van der Waals surface area (Å²) in [4.78, 5) is 12.6. The first kappa shape index (κ1) is 14.6. The number of rotatable bonds is 5. The van der Waals surface area contributed by atoms with Gasteiger partial charge in [0.15, 0.2) is 0 Å². The third-order valence-electron chi connectivity index (χ3n) is 4.29. The zero-order valence-corrected chi connectivity index (χ0v) is 13.0. The van der Waals surface area contributed by atoms with Crippen molar-refractivity contribution in [2.24, 2.45) is 5.92 Å². The van der Waals surface area contributed by atoms with Crippen molar-refractivity contribution in [1.82, 2.24) is 25.9 Å². The molecular formula is C18H17N5O. The van der Waals surface area contributed by atoms with E-state index in [0.717, 1.165) is 24.0 Å². The van der Waals surface area contributed by atoms with Gasteiger partial charge in [-0.2, -0.15) is 5.21 Å². The Bertz CT molecular complexity index is 810. The molecule has 1 fully saturated rings. The molecule has 1 aromatic heterocycles. The number of nitrogens with zero attached hydrogens (tertiary/aromatic N) is 3. The lowest BCUT2D eigenvalue weighted by Gasteiger charge is -2.19. The molecule has 0 spiro atoms. The van der Waals surface area contributed by atoms with Gasteiger partial charge < -0.3 is 5.32 Å². The normalized spacial score (nSPS) is 15.0. The van der Waals surface area contributed by atoms with Gasteiger partial charge in [0.05, 0.1) is 6.04 Å². The number of nitrogens with one attached hydrogen (secondary N) is 2. The Labute approximate surface area is 139 Å². The Morgan fingerprint density at radius 2 is 1.83 bits per heavy atom. The summed E-state index contributed by atoms with van der Waals surface area (Å²) in [7, 11) is 0. The first-order valence-electron chi connectivity index (χ1n) is 8.01. The molecule has 1 atom stereocenters. The maximum atomic E-state index is 12.6. The van der Waals surface area contributed by atoms with Crippen LogP contribution >= 0.6 is 0 Å². The highest BCUT2D eigenvalue weighted by atomic mass is 16.1. The summed E-state index contributed by atoms with van der Waals surface area (Å²) in [6, 6.07) is 17.5. The Balaban J connectivity index is 1.51. The second-order valence-electron chi connectivity index (χ2n) is 6.01. The highest BCUT2D eigenvalue weighted by Crippen LogP contribution is 2.41. The van der Waals surface area contributed by atoms with Gasteiger partial charge >= 0.3 is 0 Å². The number of aromatic nitrogens is 4. The number of H-pyrrole nitrogens is 1. The minimum Gasteiger partial charge on any atom is -0.345 e. The minimum atomic E-state index is -0.0598. The van der Waals surface area contributed by atoms with Gasteiger partial charge in [0.25, 0.3) is 5.91 Å². The predicted molar refractivity (Wildman–Crippen MR) is 89.0 cm³/mol. The molecule has 1 amide bonds. The fourth-order valence-corrected chi connectivity index (χ4v) is 2.84. The summed E-state index contributed by atoms with van der Waals surface area (Å²) in [5.74, 6) is 0.993. The van der Waals surface area contributed by atoms with Gasteiger partial charge in [0, 0.05) is 11.1 Å². The van der Waals surface area contributed by atoms with Gasteiger partial charge in [-0.25, -0.2) is 0 Å². The number of carbonyl (C=O) groups excluding carboxylic acids is 1. The molecule has 0 radical (unpaired) electrons. The van der Waals surface area contributed by atoms with Crippen LogP contribution in [0, 0.1) is 5.92 Å². The zero-order valence-electron chi connectivity index (χ0n) is 13.0. The summed E-state index contributed by atoms with van der Waals surface area (Å²) in [5.41, 5.74) is 2.61. The summed E-state index contributed by atoms with van der Waals surface area (Å²) >= 11 is 0. The highest BCUT2D eigenvalue weighted by molar-refractivity contribution is 5.94. The van der Waals surface area contributed by atoms with E-state index < -0.39 is 0 Å². The second-order valence-corrected chi connectivity index (χ2v) is 6.01. The van der Waals surface area contributed by atoms with Crippen LogP contribution in [0.15, 0.2) is 54.6 Å². The molecule has 4 rings (SSSR count). The molecule has 1 saturated carbocycles. The van der Waals surface area contributed by atoms with Crippen molar-refractivity contribution < 1.29 is 4.79 Å². The first-order chi connectivity index (χ1) is 11.8. The molecule has 6 heteroatoms. The second kappa shape index (κ2) is 6.23. The lowest BCUT2D eigenvalue weighted by Crippen LogP contribution is -2.29. The number of tetrazole rings is 1. The number of hydrogen-bond acceptors (Lipinski definition) is 4. The number of hydrogen-bond donors (Lipinski definition) is 2. The zero-order chi connectivity index (χ0) is 16.4. The predicted octanol–water partition coefficient (Wildman–Crippen LogP) is 2.75. The van der Waals surface area contributed by atoms with E-state index in [2.05, 4.69) is 38.1 Å². The van der Waals surface area contributed by atoms with Crippen LogP contribution in [-0.4, -0.2) is 26.5 Å². The van der Waals surface area contributed by atoms with E-state index in [1.807, 2.05) is 30.3 Å². The van der Waals surface area contributed by atoms with E-state index in [9.17, 15) is 4.79 Å². The Morgan fingerprint density at radius 3 is 2.46 bits per heavy atom. The van der Waals surface area contributed by atoms with Gasteiger partial charge in [-0.05, 0) is 41.7 Å². The van der Waals surface area contributed by atoms with Crippen molar-refractivity contribution in [1.29, 1.82) is 0 Å². The van der Waals surface area contributed by atoms with E-state index in [-0.39, 0.29) is 11.9 Å². The highest BCUT2D eigenvalue weighted by Gasteiger charge is 2.33. The van der Waals surface area contributed by atoms with Crippen LogP contribution in [0.5, 0.6) is 0 Å². The van der Waals surface area contributed by atoms with Crippen LogP contribution < -0.4 is 5.32 Å². The fourth-order valence-electron chi connectivity index (χ4n) is 2.84. The summed E-state index contributed by atoms with van der Waals surface area (Å²) in [6.07, 6.45) is 2.33. The SMILES string of the molecule is O=C(N[C@@H](c1ccccc1)C1CC1)c1ccc(-c2nn[nH]n2)cc1. The smallest absolute Gasteiger partial charge is 0.251 e. The largest absolute Gasteiger partial charge is 0.345 e. The molecule has 6 nitrogen and oxygen atoms in total. The van der Waals surface area contributed by atoms with E-state index in [0.29, 0.717) is 17.3 Å². The summed E-state index contributed by atoms with van der Waals surface area (Å²) in [6.45, 7) is 0. The molecule has 2 aromatic carbocycles. The van der Waals surface area contributed by atoms with E-state index in [1.165, 1.54) is 0 Å². The summed E-state index contributed by atoms with van der Waals surface area (Å²) < 4.78 is 0. The van der Waals surface area contributed by atoms with Crippen molar-refractivity contribution in [3.05, 3.63) is 65.7 Å². The maximum Gasteiger partial charge on any atom is 0.251 e. The third kappa shape index (κ3) is 3.03. The average Bonchev–Trinajstić information content (AvgIpc) is 3.33. The van der Waals surface area contributed by atoms with Crippen molar-refractivity contribution in [3.8, 4) is 11.4 Å². The van der Waals surface area contributed by atoms with Crippen molar-refractivity contribution in [3.63, 3.8) is 0 Å².